The van der Waals surface area contributed by atoms with E-state index in [1.165, 1.54) is 10.8 Å². The fourth-order valence-electron chi connectivity index (χ4n) is 2.90. The zero-order valence-electron chi connectivity index (χ0n) is 12.9. The van der Waals surface area contributed by atoms with Crippen molar-refractivity contribution >= 4 is 10.8 Å². The van der Waals surface area contributed by atoms with Gasteiger partial charge in [-0.25, -0.2) is 0 Å². The van der Waals surface area contributed by atoms with E-state index in [0.717, 1.165) is 16.8 Å². The molecular formula is C18H21N3O2. The molecule has 0 saturated carbocycles. The molecule has 0 unspecified atom stereocenters. The van der Waals surface area contributed by atoms with E-state index in [0.29, 0.717) is 19.6 Å². The minimum atomic E-state index is 0.0709. The molecule has 2 aromatic carbocycles. The maximum Gasteiger partial charge on any atom is 0.0701 e. The monoisotopic (exact) mass is 311 g/mol. The predicted octanol–water partition coefficient (Wildman–Crippen LogP) is 2.02. The molecule has 3 N–H and O–H groups in total. The lowest BCUT2D eigenvalue weighted by atomic mass is 10.00. The van der Waals surface area contributed by atoms with Crippen LogP contribution >= 0.6 is 0 Å². The number of nitrogens with one attached hydrogen (secondary N) is 1. The van der Waals surface area contributed by atoms with Crippen LogP contribution in [0.3, 0.4) is 0 Å². The minimum Gasteiger partial charge on any atom is -0.395 e. The molecule has 0 amide bonds. The number of aromatic nitrogens is 2. The summed E-state index contributed by atoms with van der Waals surface area (Å²) in [5.74, 6) is 0. The minimum absolute atomic E-state index is 0.0709. The Morgan fingerprint density at radius 1 is 0.957 bits per heavy atom. The summed E-state index contributed by atoms with van der Waals surface area (Å²) in [6.45, 7) is 1.83. The highest BCUT2D eigenvalue weighted by atomic mass is 16.3. The maximum absolute atomic E-state index is 9.17. The SMILES string of the molecule is OCCN(CCO)Cc1cn[nH]c1-c1cccc2ccccc12. The molecule has 1 heterocycles. The zero-order valence-corrected chi connectivity index (χ0v) is 12.9. The van der Waals surface area contributed by atoms with E-state index in [1.54, 1.807) is 0 Å². The molecule has 0 fully saturated rings. The molecule has 5 heteroatoms. The lowest BCUT2D eigenvalue weighted by Gasteiger charge is -2.20. The quantitative estimate of drug-likeness (QED) is 0.624. The van der Waals surface area contributed by atoms with Gasteiger partial charge in [-0.2, -0.15) is 5.10 Å². The van der Waals surface area contributed by atoms with Gasteiger partial charge in [0.05, 0.1) is 25.1 Å². The summed E-state index contributed by atoms with van der Waals surface area (Å²) in [6.07, 6.45) is 1.82. The van der Waals surface area contributed by atoms with Crippen molar-refractivity contribution in [3.8, 4) is 11.3 Å². The van der Waals surface area contributed by atoms with Gasteiger partial charge in [0.2, 0.25) is 0 Å². The van der Waals surface area contributed by atoms with Crippen LogP contribution in [-0.4, -0.2) is 51.6 Å². The molecular weight excluding hydrogens is 290 g/mol. The Morgan fingerprint density at radius 2 is 1.70 bits per heavy atom. The van der Waals surface area contributed by atoms with Crippen molar-refractivity contribution in [1.82, 2.24) is 15.1 Å². The van der Waals surface area contributed by atoms with E-state index in [2.05, 4.69) is 34.5 Å². The van der Waals surface area contributed by atoms with Crippen LogP contribution in [-0.2, 0) is 6.54 Å². The second kappa shape index (κ2) is 7.37. The van der Waals surface area contributed by atoms with Crippen LogP contribution in [0.5, 0.6) is 0 Å². The number of rotatable bonds is 7. The highest BCUT2D eigenvalue weighted by molar-refractivity contribution is 5.96. The summed E-state index contributed by atoms with van der Waals surface area (Å²) in [6, 6.07) is 14.5. The average Bonchev–Trinajstić information content (AvgIpc) is 3.03. The summed E-state index contributed by atoms with van der Waals surface area (Å²) in [4.78, 5) is 2.01. The van der Waals surface area contributed by atoms with Gasteiger partial charge in [-0.15, -0.1) is 0 Å². The highest BCUT2D eigenvalue weighted by Crippen LogP contribution is 2.29. The fraction of sp³-hybridized carbons (Fsp3) is 0.278. The number of nitrogens with zero attached hydrogens (tertiary/aromatic N) is 2. The van der Waals surface area contributed by atoms with E-state index in [-0.39, 0.29) is 13.2 Å². The number of benzene rings is 2. The van der Waals surface area contributed by atoms with E-state index >= 15 is 0 Å². The third kappa shape index (κ3) is 3.42. The van der Waals surface area contributed by atoms with Crippen LogP contribution in [0.25, 0.3) is 22.0 Å². The molecule has 3 rings (SSSR count). The van der Waals surface area contributed by atoms with Gasteiger partial charge in [-0.05, 0) is 10.8 Å². The van der Waals surface area contributed by atoms with Crippen LogP contribution in [0.2, 0.25) is 0 Å². The molecule has 0 aliphatic carbocycles. The number of hydrogen-bond donors (Lipinski definition) is 3. The molecule has 0 atom stereocenters. The Kier molecular flexibility index (Phi) is 5.02. The summed E-state index contributed by atoms with van der Waals surface area (Å²) >= 11 is 0. The lowest BCUT2D eigenvalue weighted by Crippen LogP contribution is -2.29. The highest BCUT2D eigenvalue weighted by Gasteiger charge is 2.13. The van der Waals surface area contributed by atoms with Gasteiger partial charge in [-0.3, -0.25) is 10.00 Å². The number of H-pyrrole nitrogens is 1. The predicted molar refractivity (Wildman–Crippen MR) is 91.0 cm³/mol. The molecule has 0 bridgehead atoms. The Morgan fingerprint density at radius 3 is 2.48 bits per heavy atom. The molecule has 5 nitrogen and oxygen atoms in total. The third-order valence-electron chi connectivity index (χ3n) is 4.00. The summed E-state index contributed by atoms with van der Waals surface area (Å²) < 4.78 is 0. The normalized spacial score (nSPS) is 11.4. The van der Waals surface area contributed by atoms with Crippen LogP contribution in [0.1, 0.15) is 5.56 Å². The van der Waals surface area contributed by atoms with Gasteiger partial charge in [-0.1, -0.05) is 42.5 Å². The standard InChI is InChI=1S/C18H21N3O2/c22-10-8-21(9-11-23)13-15-12-19-20-18(15)17-7-3-5-14-4-1-2-6-16(14)17/h1-7,12,22-23H,8-11,13H2,(H,19,20). The lowest BCUT2D eigenvalue weighted by molar-refractivity contribution is 0.156. The van der Waals surface area contributed by atoms with Gasteiger partial charge >= 0.3 is 0 Å². The van der Waals surface area contributed by atoms with Crippen molar-refractivity contribution < 1.29 is 10.2 Å². The zero-order chi connectivity index (χ0) is 16.1. The molecule has 0 aliphatic heterocycles. The number of aromatic amines is 1. The first-order valence-electron chi connectivity index (χ1n) is 7.78. The first-order chi connectivity index (χ1) is 11.3. The average molecular weight is 311 g/mol. The van der Waals surface area contributed by atoms with Crippen molar-refractivity contribution in [3.63, 3.8) is 0 Å². The Hall–Kier alpha value is -2.21. The van der Waals surface area contributed by atoms with Crippen molar-refractivity contribution in [2.75, 3.05) is 26.3 Å². The Bertz CT molecular complexity index is 758. The maximum atomic E-state index is 9.17. The first-order valence-corrected chi connectivity index (χ1v) is 7.78. The summed E-state index contributed by atoms with van der Waals surface area (Å²) in [5, 5.41) is 28.0. The van der Waals surface area contributed by atoms with Crippen molar-refractivity contribution in [2.24, 2.45) is 0 Å². The van der Waals surface area contributed by atoms with E-state index < -0.39 is 0 Å². The van der Waals surface area contributed by atoms with Crippen LogP contribution in [0.15, 0.2) is 48.7 Å². The van der Waals surface area contributed by atoms with Crippen LogP contribution < -0.4 is 0 Å². The first kappa shape index (κ1) is 15.7. The topological polar surface area (TPSA) is 72.4 Å². The molecule has 3 aromatic rings. The van der Waals surface area contributed by atoms with Gasteiger partial charge in [0.15, 0.2) is 0 Å². The third-order valence-corrected chi connectivity index (χ3v) is 4.00. The molecule has 0 aliphatic rings. The second-order valence-electron chi connectivity index (χ2n) is 5.52. The largest absolute Gasteiger partial charge is 0.395 e. The van der Waals surface area contributed by atoms with E-state index in [1.807, 2.05) is 29.3 Å². The number of hydrogen-bond acceptors (Lipinski definition) is 4. The van der Waals surface area contributed by atoms with Crippen molar-refractivity contribution in [1.29, 1.82) is 0 Å². The Balaban J connectivity index is 1.96. The number of aliphatic hydroxyl groups excluding tert-OH is 2. The molecule has 1 aromatic heterocycles. The van der Waals surface area contributed by atoms with Gasteiger partial charge in [0, 0.05) is 30.8 Å². The smallest absolute Gasteiger partial charge is 0.0701 e. The van der Waals surface area contributed by atoms with E-state index in [4.69, 9.17) is 0 Å². The number of fused-ring (bicyclic) bond motifs is 1. The molecule has 23 heavy (non-hydrogen) atoms. The van der Waals surface area contributed by atoms with Gasteiger partial charge < -0.3 is 10.2 Å². The molecule has 0 spiro atoms. The van der Waals surface area contributed by atoms with Gasteiger partial charge in [0.1, 0.15) is 0 Å². The van der Waals surface area contributed by atoms with Crippen LogP contribution in [0, 0.1) is 0 Å². The molecule has 0 saturated heterocycles. The summed E-state index contributed by atoms with van der Waals surface area (Å²) in [5.41, 5.74) is 3.16. The summed E-state index contributed by atoms with van der Waals surface area (Å²) in [7, 11) is 0. The Labute approximate surface area is 135 Å². The van der Waals surface area contributed by atoms with E-state index in [9.17, 15) is 10.2 Å². The number of aliphatic hydroxyl groups is 2. The van der Waals surface area contributed by atoms with Crippen molar-refractivity contribution in [2.45, 2.75) is 6.54 Å². The fourth-order valence-corrected chi connectivity index (χ4v) is 2.90. The van der Waals surface area contributed by atoms with Crippen LogP contribution in [0.4, 0.5) is 0 Å². The van der Waals surface area contributed by atoms with Crippen molar-refractivity contribution in [3.05, 3.63) is 54.2 Å². The van der Waals surface area contributed by atoms with Gasteiger partial charge in [0.25, 0.3) is 0 Å². The molecule has 120 valence electrons. The molecule has 0 radical (unpaired) electrons. The second-order valence-corrected chi connectivity index (χ2v) is 5.52.